The monoisotopic (exact) mass is 558 g/mol. The molecule has 0 aliphatic rings. The van der Waals surface area contributed by atoms with E-state index in [9.17, 15) is 9.59 Å². The third kappa shape index (κ3) is 6.22. The highest BCUT2D eigenvalue weighted by molar-refractivity contribution is 6.42. The van der Waals surface area contributed by atoms with E-state index in [-0.39, 0.29) is 0 Å². The number of nitrogens with zero attached hydrogens (tertiary/aromatic N) is 1. The number of rotatable bonds is 5. The van der Waals surface area contributed by atoms with Crippen LogP contribution in [0, 0.1) is 0 Å². The normalized spacial score (nSPS) is 10.4. The Morgan fingerprint density at radius 1 is 0.583 bits per heavy atom. The Morgan fingerprint density at radius 3 is 1.75 bits per heavy atom. The zero-order chi connectivity index (χ0) is 25.7. The maximum absolute atomic E-state index is 13.5. The Balaban J connectivity index is 1.63. The first-order valence-corrected chi connectivity index (χ1v) is 12.1. The van der Waals surface area contributed by atoms with Crippen molar-refractivity contribution in [2.24, 2.45) is 0 Å². The van der Waals surface area contributed by atoms with Crippen LogP contribution in [-0.2, 0) is 0 Å². The van der Waals surface area contributed by atoms with Gasteiger partial charge in [-0.1, -0.05) is 76.7 Å². The van der Waals surface area contributed by atoms with Crippen molar-refractivity contribution < 1.29 is 9.59 Å². The number of para-hydroxylation sites is 3. The Hall–Kier alpha value is -3.42. The van der Waals surface area contributed by atoms with Crippen LogP contribution in [0.25, 0.3) is 0 Å². The van der Waals surface area contributed by atoms with Gasteiger partial charge in [-0.25, -0.2) is 9.59 Å². The van der Waals surface area contributed by atoms with Gasteiger partial charge in [0.15, 0.2) is 0 Å². The van der Waals surface area contributed by atoms with Crippen LogP contribution in [0.15, 0.2) is 91.0 Å². The smallest absolute Gasteiger partial charge is 0.308 e. The molecule has 0 unspecified atom stereocenters. The Morgan fingerprint density at radius 2 is 1.14 bits per heavy atom. The molecule has 4 aromatic carbocycles. The van der Waals surface area contributed by atoms with Gasteiger partial charge < -0.3 is 16.0 Å². The lowest BCUT2D eigenvalue weighted by Crippen LogP contribution is -2.32. The van der Waals surface area contributed by atoms with Gasteiger partial charge in [0, 0.05) is 11.4 Å². The predicted octanol–water partition coefficient (Wildman–Crippen LogP) is 9.31. The largest absolute Gasteiger partial charge is 0.331 e. The molecule has 36 heavy (non-hydrogen) atoms. The zero-order valence-corrected chi connectivity index (χ0v) is 21.5. The van der Waals surface area contributed by atoms with Gasteiger partial charge in [0.1, 0.15) is 0 Å². The van der Waals surface area contributed by atoms with Crippen molar-refractivity contribution >= 4 is 86.9 Å². The molecular formula is C26H18Cl4N4O2. The average Bonchev–Trinajstić information content (AvgIpc) is 2.86. The quantitative estimate of drug-likeness (QED) is 0.228. The van der Waals surface area contributed by atoms with Gasteiger partial charge in [0.05, 0.1) is 37.2 Å². The van der Waals surface area contributed by atoms with E-state index >= 15 is 0 Å². The fourth-order valence-corrected chi connectivity index (χ4v) is 3.93. The second kappa shape index (κ2) is 11.5. The molecule has 0 radical (unpaired) electrons. The van der Waals surface area contributed by atoms with E-state index in [4.69, 9.17) is 46.4 Å². The van der Waals surface area contributed by atoms with Gasteiger partial charge in [-0.3, -0.25) is 4.90 Å². The van der Waals surface area contributed by atoms with Crippen molar-refractivity contribution in [1.82, 2.24) is 0 Å². The number of amides is 4. The summed E-state index contributed by atoms with van der Waals surface area (Å²) < 4.78 is 0. The summed E-state index contributed by atoms with van der Waals surface area (Å²) in [5.74, 6) is 0. The first kappa shape index (κ1) is 25.7. The standard InChI is InChI=1S/C26H18Cl4N4O2/c27-19-12-10-16(14-21(19)29)31-25(35)33-23-8-4-5-9-24(23)34(18-6-2-1-3-7-18)26(36)32-17-11-13-20(28)22(30)15-17/h1-15H,(H,32,36)(H2,31,33,35). The number of carbonyl (C=O) groups is 2. The molecule has 0 saturated carbocycles. The van der Waals surface area contributed by atoms with Crippen LogP contribution in [0.4, 0.5) is 38.0 Å². The van der Waals surface area contributed by atoms with Crippen LogP contribution in [0.3, 0.4) is 0 Å². The molecular weight excluding hydrogens is 542 g/mol. The Kier molecular flexibility index (Phi) is 8.23. The van der Waals surface area contributed by atoms with Gasteiger partial charge in [-0.2, -0.15) is 0 Å². The molecule has 10 heteroatoms. The van der Waals surface area contributed by atoms with Crippen molar-refractivity contribution in [3.63, 3.8) is 0 Å². The maximum Gasteiger partial charge on any atom is 0.331 e. The van der Waals surface area contributed by atoms with Crippen LogP contribution in [0.2, 0.25) is 20.1 Å². The van der Waals surface area contributed by atoms with Crippen LogP contribution in [-0.4, -0.2) is 12.1 Å². The van der Waals surface area contributed by atoms with E-state index in [1.807, 2.05) is 18.2 Å². The lowest BCUT2D eigenvalue weighted by atomic mass is 10.2. The van der Waals surface area contributed by atoms with E-state index in [1.165, 1.54) is 11.0 Å². The number of carbonyl (C=O) groups excluding carboxylic acids is 2. The topological polar surface area (TPSA) is 73.5 Å². The van der Waals surface area contributed by atoms with Crippen LogP contribution >= 0.6 is 46.4 Å². The number of nitrogens with one attached hydrogen (secondary N) is 3. The summed E-state index contributed by atoms with van der Waals surface area (Å²) in [7, 11) is 0. The fraction of sp³-hybridized carbons (Fsp3) is 0. The number of anilines is 5. The van der Waals surface area contributed by atoms with Crippen molar-refractivity contribution in [3.05, 3.63) is 111 Å². The molecule has 0 aromatic heterocycles. The number of urea groups is 2. The van der Waals surface area contributed by atoms with Gasteiger partial charge in [-0.05, 0) is 60.7 Å². The van der Waals surface area contributed by atoms with Gasteiger partial charge in [0.25, 0.3) is 0 Å². The second-order valence-corrected chi connectivity index (χ2v) is 9.08. The van der Waals surface area contributed by atoms with Gasteiger partial charge in [0.2, 0.25) is 0 Å². The summed E-state index contributed by atoms with van der Waals surface area (Å²) in [6.45, 7) is 0. The number of halogens is 4. The van der Waals surface area contributed by atoms with Crippen molar-refractivity contribution in [2.45, 2.75) is 0 Å². The second-order valence-electron chi connectivity index (χ2n) is 7.46. The van der Waals surface area contributed by atoms with Crippen molar-refractivity contribution in [1.29, 1.82) is 0 Å². The maximum atomic E-state index is 13.5. The molecule has 0 heterocycles. The summed E-state index contributed by atoms with van der Waals surface area (Å²) >= 11 is 24.1. The van der Waals surface area contributed by atoms with E-state index < -0.39 is 12.1 Å². The molecule has 4 amide bonds. The highest BCUT2D eigenvalue weighted by Crippen LogP contribution is 2.34. The lowest BCUT2D eigenvalue weighted by Gasteiger charge is -2.26. The summed E-state index contributed by atoms with van der Waals surface area (Å²) in [6.07, 6.45) is 0. The SMILES string of the molecule is O=C(Nc1ccc(Cl)c(Cl)c1)Nc1ccccc1N(C(=O)Nc1ccc(Cl)c(Cl)c1)c1ccccc1. The molecule has 0 fully saturated rings. The number of hydrogen-bond acceptors (Lipinski definition) is 2. The molecule has 182 valence electrons. The Bertz CT molecular complexity index is 1420. The zero-order valence-electron chi connectivity index (χ0n) is 18.4. The molecule has 0 bridgehead atoms. The summed E-state index contributed by atoms with van der Waals surface area (Å²) in [5, 5.41) is 9.69. The van der Waals surface area contributed by atoms with Crippen LogP contribution < -0.4 is 20.9 Å². The number of hydrogen-bond donors (Lipinski definition) is 3. The minimum Gasteiger partial charge on any atom is -0.308 e. The first-order valence-electron chi connectivity index (χ1n) is 10.5. The van der Waals surface area contributed by atoms with E-state index in [0.717, 1.165) is 0 Å². The average molecular weight is 560 g/mol. The van der Waals surface area contributed by atoms with Crippen LogP contribution in [0.1, 0.15) is 0 Å². The summed E-state index contributed by atoms with van der Waals surface area (Å²) in [6, 6.07) is 24.5. The minimum atomic E-state index is -0.529. The molecule has 4 rings (SSSR count). The molecule has 0 aliphatic heterocycles. The van der Waals surface area contributed by atoms with Crippen molar-refractivity contribution in [2.75, 3.05) is 20.9 Å². The van der Waals surface area contributed by atoms with E-state index in [0.29, 0.717) is 48.5 Å². The highest BCUT2D eigenvalue weighted by Gasteiger charge is 2.22. The van der Waals surface area contributed by atoms with Crippen LogP contribution in [0.5, 0.6) is 0 Å². The highest BCUT2D eigenvalue weighted by atomic mass is 35.5. The lowest BCUT2D eigenvalue weighted by molar-refractivity contribution is 0.258. The number of benzene rings is 4. The molecule has 0 saturated heterocycles. The fourth-order valence-electron chi connectivity index (χ4n) is 3.33. The van der Waals surface area contributed by atoms with E-state index in [1.54, 1.807) is 66.7 Å². The van der Waals surface area contributed by atoms with E-state index in [2.05, 4.69) is 16.0 Å². The third-order valence-corrected chi connectivity index (χ3v) is 6.44. The van der Waals surface area contributed by atoms with Gasteiger partial charge in [-0.15, -0.1) is 0 Å². The predicted molar refractivity (Wildman–Crippen MR) is 150 cm³/mol. The van der Waals surface area contributed by atoms with Gasteiger partial charge >= 0.3 is 12.1 Å². The molecule has 0 aliphatic carbocycles. The molecule has 6 nitrogen and oxygen atoms in total. The Labute approximate surface area is 227 Å². The molecule has 3 N–H and O–H groups in total. The summed E-state index contributed by atoms with van der Waals surface area (Å²) in [5.41, 5.74) is 2.32. The molecule has 0 atom stereocenters. The first-order chi connectivity index (χ1) is 17.3. The molecule has 0 spiro atoms. The minimum absolute atomic E-state index is 0.307. The summed E-state index contributed by atoms with van der Waals surface area (Å²) in [4.78, 5) is 27.7. The third-order valence-electron chi connectivity index (χ3n) is 4.96. The molecule has 4 aromatic rings. The van der Waals surface area contributed by atoms with Crippen molar-refractivity contribution in [3.8, 4) is 0 Å².